The Kier molecular flexibility index (Phi) is 5.54. The molecule has 0 saturated carbocycles. The molecule has 3 aromatic rings. The van der Waals surface area contributed by atoms with Crippen LogP contribution in [0.5, 0.6) is 0 Å². The number of rotatable bonds is 5. The van der Waals surface area contributed by atoms with Gasteiger partial charge in [0.1, 0.15) is 5.82 Å². The van der Waals surface area contributed by atoms with Crippen molar-refractivity contribution in [2.75, 3.05) is 5.32 Å². The Hall–Kier alpha value is -3.04. The fourth-order valence-electron chi connectivity index (χ4n) is 3.06. The second-order valence-corrected chi connectivity index (χ2v) is 8.50. The van der Waals surface area contributed by atoms with E-state index in [1.807, 2.05) is 13.8 Å². The first-order valence-corrected chi connectivity index (χ1v) is 10.4. The van der Waals surface area contributed by atoms with E-state index in [-0.39, 0.29) is 16.6 Å². The molecule has 0 saturated heterocycles. The summed E-state index contributed by atoms with van der Waals surface area (Å²) >= 11 is 0. The van der Waals surface area contributed by atoms with Crippen LogP contribution in [0.15, 0.2) is 53.6 Å². The van der Waals surface area contributed by atoms with Gasteiger partial charge in [0.25, 0.3) is 5.91 Å². The summed E-state index contributed by atoms with van der Waals surface area (Å²) in [5, 5.41) is 12.2. The lowest BCUT2D eigenvalue weighted by Gasteiger charge is -2.13. The second-order valence-electron chi connectivity index (χ2n) is 6.97. The molecule has 9 heteroatoms. The highest BCUT2D eigenvalue weighted by Crippen LogP contribution is 2.25. The number of hydrogen-bond donors (Lipinski definition) is 2. The number of nitrogens with one attached hydrogen (secondary N) is 1. The summed E-state index contributed by atoms with van der Waals surface area (Å²) in [6.07, 6.45) is 1.43. The van der Waals surface area contributed by atoms with Crippen molar-refractivity contribution in [3.8, 4) is 5.69 Å². The summed E-state index contributed by atoms with van der Waals surface area (Å²) < 4.78 is 38.3. The number of amides is 1. The summed E-state index contributed by atoms with van der Waals surface area (Å²) in [7, 11) is -3.91. The lowest BCUT2D eigenvalue weighted by atomic mass is 10.0. The van der Waals surface area contributed by atoms with Crippen molar-refractivity contribution in [1.29, 1.82) is 0 Å². The lowest BCUT2D eigenvalue weighted by molar-refractivity contribution is 0.102. The number of aryl methyl sites for hydroxylation is 1. The van der Waals surface area contributed by atoms with Gasteiger partial charge in [-0.1, -0.05) is 19.9 Å². The van der Waals surface area contributed by atoms with E-state index in [1.165, 1.54) is 24.4 Å². The fraction of sp³-hybridized carbons (Fsp3) is 0.200. The van der Waals surface area contributed by atoms with E-state index in [2.05, 4.69) is 10.4 Å². The zero-order valence-electron chi connectivity index (χ0n) is 16.2. The third-order valence-electron chi connectivity index (χ3n) is 4.42. The molecule has 1 aromatic heterocycles. The van der Waals surface area contributed by atoms with Crippen LogP contribution in [-0.4, -0.2) is 24.1 Å². The van der Waals surface area contributed by atoms with Crippen LogP contribution in [-0.2, 0) is 10.0 Å². The fourth-order valence-corrected chi connectivity index (χ4v) is 3.87. The maximum absolute atomic E-state index is 13.2. The largest absolute Gasteiger partial charge is 0.322 e. The molecule has 29 heavy (non-hydrogen) atoms. The topological polar surface area (TPSA) is 107 Å². The first-order valence-electron chi connectivity index (χ1n) is 8.86. The third-order valence-corrected chi connectivity index (χ3v) is 5.47. The maximum Gasteiger partial charge on any atom is 0.259 e. The Bertz CT molecular complexity index is 1170. The first-order chi connectivity index (χ1) is 13.6. The van der Waals surface area contributed by atoms with Gasteiger partial charge in [-0.25, -0.2) is 22.6 Å². The van der Waals surface area contributed by atoms with Gasteiger partial charge in [-0.3, -0.25) is 4.79 Å². The molecule has 0 atom stereocenters. The average Bonchev–Trinajstić information content (AvgIpc) is 3.08. The molecule has 3 rings (SSSR count). The molecule has 3 N–H and O–H groups in total. The van der Waals surface area contributed by atoms with Crippen LogP contribution in [0.25, 0.3) is 5.69 Å². The zero-order valence-corrected chi connectivity index (χ0v) is 17.0. The van der Waals surface area contributed by atoms with Crippen LogP contribution in [0.4, 0.5) is 10.1 Å². The standard InChI is InChI=1S/C20H21FN4O3S/c1-12(2)19-17(11-23-25(19)16-8-5-14(21)6-9-16)20(26)24-15-7-4-13(3)18(10-15)29(22,27)28/h4-12H,1-3H3,(H,24,26)(H2,22,27,28). The number of nitrogens with zero attached hydrogens (tertiary/aromatic N) is 2. The molecule has 0 bridgehead atoms. The molecule has 7 nitrogen and oxygen atoms in total. The molecule has 0 spiro atoms. The number of aromatic nitrogens is 2. The van der Waals surface area contributed by atoms with Crippen molar-refractivity contribution >= 4 is 21.6 Å². The molecule has 1 heterocycles. The molecule has 2 aromatic carbocycles. The molecule has 0 aliphatic heterocycles. The van der Waals surface area contributed by atoms with Crippen LogP contribution >= 0.6 is 0 Å². The molecule has 0 aliphatic carbocycles. The quantitative estimate of drug-likeness (QED) is 0.665. The number of hydrogen-bond acceptors (Lipinski definition) is 4. The van der Waals surface area contributed by atoms with Crippen molar-refractivity contribution in [2.45, 2.75) is 31.6 Å². The second kappa shape index (κ2) is 7.76. The zero-order chi connectivity index (χ0) is 21.3. The minimum absolute atomic E-state index is 0.0543. The van der Waals surface area contributed by atoms with Crippen LogP contribution in [0.2, 0.25) is 0 Å². The van der Waals surface area contributed by atoms with Gasteiger partial charge < -0.3 is 5.32 Å². The van der Waals surface area contributed by atoms with E-state index in [4.69, 9.17) is 5.14 Å². The highest BCUT2D eigenvalue weighted by molar-refractivity contribution is 7.89. The smallest absolute Gasteiger partial charge is 0.259 e. The summed E-state index contributed by atoms with van der Waals surface area (Å²) in [6, 6.07) is 10.3. The van der Waals surface area contributed by atoms with E-state index in [0.717, 1.165) is 0 Å². The average molecular weight is 416 g/mol. The summed E-state index contributed by atoms with van der Waals surface area (Å²) in [6.45, 7) is 5.45. The van der Waals surface area contributed by atoms with Gasteiger partial charge in [0.15, 0.2) is 0 Å². The maximum atomic E-state index is 13.2. The van der Waals surface area contributed by atoms with Gasteiger partial charge in [-0.05, 0) is 54.8 Å². The van der Waals surface area contributed by atoms with Crippen LogP contribution in [0.1, 0.15) is 41.4 Å². The van der Waals surface area contributed by atoms with Gasteiger partial charge >= 0.3 is 0 Å². The van der Waals surface area contributed by atoms with E-state index in [0.29, 0.717) is 28.2 Å². The van der Waals surface area contributed by atoms with E-state index in [1.54, 1.807) is 35.9 Å². The van der Waals surface area contributed by atoms with Crippen molar-refractivity contribution in [3.05, 3.63) is 71.3 Å². The minimum Gasteiger partial charge on any atom is -0.322 e. The summed E-state index contributed by atoms with van der Waals surface area (Å²) in [5.74, 6) is -0.859. The van der Waals surface area contributed by atoms with Gasteiger partial charge in [0.05, 0.1) is 28.0 Å². The summed E-state index contributed by atoms with van der Waals surface area (Å²) in [4.78, 5) is 12.8. The van der Waals surface area contributed by atoms with Gasteiger partial charge in [0.2, 0.25) is 10.0 Å². The van der Waals surface area contributed by atoms with Gasteiger partial charge in [0, 0.05) is 5.69 Å². The number of nitrogens with two attached hydrogens (primary N) is 1. The lowest BCUT2D eigenvalue weighted by Crippen LogP contribution is -2.17. The highest BCUT2D eigenvalue weighted by Gasteiger charge is 2.22. The molecular formula is C20H21FN4O3S. The predicted octanol–water partition coefficient (Wildman–Crippen LogP) is 3.34. The molecule has 152 valence electrons. The Labute approximate surface area is 168 Å². The SMILES string of the molecule is Cc1ccc(NC(=O)c2cnn(-c3ccc(F)cc3)c2C(C)C)cc1S(N)(=O)=O. The van der Waals surface area contributed by atoms with Crippen molar-refractivity contribution in [1.82, 2.24) is 9.78 Å². The van der Waals surface area contributed by atoms with Crippen LogP contribution in [0.3, 0.4) is 0 Å². The third kappa shape index (κ3) is 4.36. The Morgan fingerprint density at radius 3 is 2.41 bits per heavy atom. The summed E-state index contributed by atoms with van der Waals surface area (Å²) in [5.41, 5.74) is 2.39. The number of carbonyl (C=O) groups excluding carboxylic acids is 1. The number of carbonyl (C=O) groups is 1. The molecule has 0 radical (unpaired) electrons. The van der Waals surface area contributed by atoms with Crippen LogP contribution in [0, 0.1) is 12.7 Å². The number of primary sulfonamides is 1. The monoisotopic (exact) mass is 416 g/mol. The molecule has 0 unspecified atom stereocenters. The van der Waals surface area contributed by atoms with Crippen LogP contribution < -0.4 is 10.5 Å². The van der Waals surface area contributed by atoms with Gasteiger partial charge in [-0.15, -0.1) is 0 Å². The number of benzene rings is 2. The van der Waals surface area contributed by atoms with E-state index >= 15 is 0 Å². The highest BCUT2D eigenvalue weighted by atomic mass is 32.2. The van der Waals surface area contributed by atoms with Crippen molar-refractivity contribution < 1.29 is 17.6 Å². The van der Waals surface area contributed by atoms with E-state index in [9.17, 15) is 17.6 Å². The van der Waals surface area contributed by atoms with Crippen molar-refractivity contribution in [2.24, 2.45) is 5.14 Å². The molecule has 0 fully saturated rings. The van der Waals surface area contributed by atoms with Crippen molar-refractivity contribution in [3.63, 3.8) is 0 Å². The first kappa shape index (κ1) is 20.7. The minimum atomic E-state index is -3.91. The molecule has 1 amide bonds. The number of halogens is 1. The number of sulfonamides is 1. The van der Waals surface area contributed by atoms with E-state index < -0.39 is 15.9 Å². The Morgan fingerprint density at radius 1 is 1.17 bits per heavy atom. The Morgan fingerprint density at radius 2 is 1.83 bits per heavy atom. The normalized spacial score (nSPS) is 11.7. The Balaban J connectivity index is 1.97. The number of anilines is 1. The molecule has 0 aliphatic rings. The molecular weight excluding hydrogens is 395 g/mol. The van der Waals surface area contributed by atoms with Gasteiger partial charge in [-0.2, -0.15) is 5.10 Å². The predicted molar refractivity (Wildman–Crippen MR) is 108 cm³/mol.